The molecule has 6 heteroatoms. The summed E-state index contributed by atoms with van der Waals surface area (Å²) in [5, 5.41) is 0.345. The van der Waals surface area contributed by atoms with Gasteiger partial charge >= 0.3 is 5.97 Å². The lowest BCUT2D eigenvalue weighted by molar-refractivity contribution is 0.0730. The van der Waals surface area contributed by atoms with Crippen LogP contribution in [-0.2, 0) is 0 Å². The van der Waals surface area contributed by atoms with E-state index in [0.29, 0.717) is 28.0 Å². The summed E-state index contributed by atoms with van der Waals surface area (Å²) in [5.74, 6) is -0.246. The molecule has 0 atom stereocenters. The molecule has 0 bridgehead atoms. The van der Waals surface area contributed by atoms with E-state index in [2.05, 4.69) is 0 Å². The van der Waals surface area contributed by atoms with Crippen molar-refractivity contribution in [2.75, 3.05) is 7.11 Å². The first kappa shape index (κ1) is 19.4. The Hall–Kier alpha value is -3.93. The second-order valence-corrected chi connectivity index (χ2v) is 6.62. The van der Waals surface area contributed by atoms with Gasteiger partial charge in [0.25, 0.3) is 0 Å². The molecule has 0 aliphatic rings. The Morgan fingerprint density at radius 1 is 0.967 bits per heavy atom. The summed E-state index contributed by atoms with van der Waals surface area (Å²) < 4.78 is 30.0. The first-order valence-electron chi connectivity index (χ1n) is 9.16. The molecule has 0 fully saturated rings. The van der Waals surface area contributed by atoms with Crippen LogP contribution in [0.2, 0.25) is 0 Å². The molecule has 150 valence electrons. The van der Waals surface area contributed by atoms with Crippen LogP contribution in [-0.4, -0.2) is 13.1 Å². The molecule has 0 spiro atoms. The lowest BCUT2D eigenvalue weighted by atomic mass is 10.0. The summed E-state index contributed by atoms with van der Waals surface area (Å²) >= 11 is 0. The molecule has 0 aliphatic carbocycles. The highest BCUT2D eigenvalue weighted by atomic mass is 19.1. The van der Waals surface area contributed by atoms with Crippen LogP contribution in [0, 0.1) is 12.7 Å². The van der Waals surface area contributed by atoms with Gasteiger partial charge in [-0.25, -0.2) is 9.18 Å². The maximum atomic E-state index is 13.8. The normalized spacial score (nSPS) is 10.8. The zero-order valence-corrected chi connectivity index (χ0v) is 16.3. The average molecular weight is 404 g/mol. The van der Waals surface area contributed by atoms with Crippen molar-refractivity contribution in [3.8, 4) is 22.6 Å². The third-order valence-corrected chi connectivity index (χ3v) is 4.72. The zero-order valence-electron chi connectivity index (χ0n) is 16.3. The Morgan fingerprint density at radius 2 is 1.67 bits per heavy atom. The largest absolute Gasteiger partial charge is 0.497 e. The van der Waals surface area contributed by atoms with E-state index in [0.717, 1.165) is 0 Å². The van der Waals surface area contributed by atoms with E-state index in [-0.39, 0.29) is 22.3 Å². The minimum absolute atomic E-state index is 0.149. The van der Waals surface area contributed by atoms with Crippen LogP contribution in [0.1, 0.15) is 16.1 Å². The molecule has 1 aromatic heterocycles. The van der Waals surface area contributed by atoms with E-state index in [1.54, 1.807) is 44.4 Å². The summed E-state index contributed by atoms with van der Waals surface area (Å²) in [6.45, 7) is 1.69. The van der Waals surface area contributed by atoms with Crippen molar-refractivity contribution in [2.24, 2.45) is 0 Å². The molecule has 30 heavy (non-hydrogen) atoms. The van der Waals surface area contributed by atoms with E-state index < -0.39 is 11.8 Å². The predicted molar refractivity (Wildman–Crippen MR) is 111 cm³/mol. The number of rotatable bonds is 4. The number of benzene rings is 3. The Labute approximate surface area is 171 Å². The maximum absolute atomic E-state index is 13.8. The van der Waals surface area contributed by atoms with E-state index in [1.807, 2.05) is 0 Å². The third-order valence-electron chi connectivity index (χ3n) is 4.72. The Morgan fingerprint density at radius 3 is 2.37 bits per heavy atom. The number of carbonyl (C=O) groups excluding carboxylic acids is 1. The van der Waals surface area contributed by atoms with Gasteiger partial charge in [0.2, 0.25) is 5.43 Å². The van der Waals surface area contributed by atoms with Gasteiger partial charge in [0, 0.05) is 6.07 Å². The van der Waals surface area contributed by atoms with Crippen molar-refractivity contribution in [3.05, 3.63) is 94.1 Å². The summed E-state index contributed by atoms with van der Waals surface area (Å²) in [4.78, 5) is 25.3. The fourth-order valence-electron chi connectivity index (χ4n) is 3.23. The number of methoxy groups -OCH3 is 1. The van der Waals surface area contributed by atoms with Crippen LogP contribution in [0.25, 0.3) is 22.1 Å². The van der Waals surface area contributed by atoms with Gasteiger partial charge in [-0.3, -0.25) is 4.79 Å². The summed E-state index contributed by atoms with van der Waals surface area (Å²) in [5.41, 5.74) is 1.05. The molecule has 0 N–H and O–H groups in total. The van der Waals surface area contributed by atoms with Gasteiger partial charge in [-0.1, -0.05) is 24.3 Å². The molecule has 0 amide bonds. The summed E-state index contributed by atoms with van der Waals surface area (Å²) in [6.07, 6.45) is 0. The van der Waals surface area contributed by atoms with E-state index in [4.69, 9.17) is 13.9 Å². The Balaban J connectivity index is 1.71. The highest BCUT2D eigenvalue weighted by Gasteiger charge is 2.17. The first-order valence-corrected chi connectivity index (χ1v) is 9.16. The van der Waals surface area contributed by atoms with Crippen molar-refractivity contribution in [1.82, 2.24) is 0 Å². The average Bonchev–Trinajstić information content (AvgIpc) is 2.74. The quantitative estimate of drug-likeness (QED) is 0.348. The molecule has 0 saturated heterocycles. The Kier molecular flexibility index (Phi) is 5.06. The highest BCUT2D eigenvalue weighted by Crippen LogP contribution is 2.28. The van der Waals surface area contributed by atoms with Crippen LogP contribution in [0.5, 0.6) is 11.5 Å². The second kappa shape index (κ2) is 7.83. The van der Waals surface area contributed by atoms with Crippen molar-refractivity contribution >= 4 is 16.9 Å². The van der Waals surface area contributed by atoms with E-state index in [1.165, 1.54) is 36.4 Å². The maximum Gasteiger partial charge on any atom is 0.346 e. The standard InChI is InChI=1S/C24H17FO5/c1-14-22(15-7-9-16(28-2)10-8-15)23(26)19-12-11-17(13-21(19)29-14)30-24(27)18-5-3-4-6-20(18)25/h3-13H,1-2H3. The molecule has 4 aromatic rings. The topological polar surface area (TPSA) is 65.7 Å². The van der Waals surface area contributed by atoms with Crippen molar-refractivity contribution in [2.45, 2.75) is 6.92 Å². The lowest BCUT2D eigenvalue weighted by Crippen LogP contribution is -2.11. The monoisotopic (exact) mass is 404 g/mol. The van der Waals surface area contributed by atoms with Gasteiger partial charge in [0.05, 0.1) is 23.6 Å². The van der Waals surface area contributed by atoms with E-state index >= 15 is 0 Å². The number of aryl methyl sites for hydroxylation is 1. The van der Waals surface area contributed by atoms with Gasteiger partial charge in [0.15, 0.2) is 0 Å². The minimum Gasteiger partial charge on any atom is -0.497 e. The first-order chi connectivity index (χ1) is 14.5. The fraction of sp³-hybridized carbons (Fsp3) is 0.0833. The molecule has 0 unspecified atom stereocenters. The molecular formula is C24H17FO5. The lowest BCUT2D eigenvalue weighted by Gasteiger charge is -2.09. The molecule has 3 aromatic carbocycles. The number of carbonyl (C=O) groups is 1. The van der Waals surface area contributed by atoms with Crippen LogP contribution in [0.15, 0.2) is 75.9 Å². The Bertz CT molecular complexity index is 1310. The number of hydrogen-bond donors (Lipinski definition) is 0. The number of halogens is 1. The number of esters is 1. The van der Waals surface area contributed by atoms with E-state index in [9.17, 15) is 14.0 Å². The van der Waals surface area contributed by atoms with Gasteiger partial charge in [0.1, 0.15) is 28.7 Å². The van der Waals surface area contributed by atoms with Crippen LogP contribution in [0.4, 0.5) is 4.39 Å². The minimum atomic E-state index is -0.832. The SMILES string of the molecule is COc1ccc(-c2c(C)oc3cc(OC(=O)c4ccccc4F)ccc3c2=O)cc1. The molecule has 4 rings (SSSR count). The van der Waals surface area contributed by atoms with Crippen molar-refractivity contribution in [1.29, 1.82) is 0 Å². The number of hydrogen-bond acceptors (Lipinski definition) is 5. The van der Waals surface area contributed by atoms with Gasteiger partial charge in [-0.15, -0.1) is 0 Å². The molecule has 0 radical (unpaired) electrons. The van der Waals surface area contributed by atoms with Crippen LogP contribution >= 0.6 is 0 Å². The molecule has 5 nitrogen and oxygen atoms in total. The molecule has 1 heterocycles. The highest BCUT2D eigenvalue weighted by molar-refractivity contribution is 5.92. The van der Waals surface area contributed by atoms with Crippen LogP contribution < -0.4 is 14.9 Å². The van der Waals surface area contributed by atoms with Crippen molar-refractivity contribution < 1.29 is 23.1 Å². The summed E-state index contributed by atoms with van der Waals surface area (Å²) in [7, 11) is 1.57. The third kappa shape index (κ3) is 3.55. The fourth-order valence-corrected chi connectivity index (χ4v) is 3.23. The van der Waals surface area contributed by atoms with Gasteiger partial charge in [-0.05, 0) is 48.9 Å². The zero-order chi connectivity index (χ0) is 21.3. The molecule has 0 saturated carbocycles. The van der Waals surface area contributed by atoms with Crippen LogP contribution in [0.3, 0.4) is 0 Å². The predicted octanol–water partition coefficient (Wildman–Crippen LogP) is 5.14. The smallest absolute Gasteiger partial charge is 0.346 e. The second-order valence-electron chi connectivity index (χ2n) is 6.62. The summed E-state index contributed by atoms with van der Waals surface area (Å²) in [6, 6.07) is 17.1. The van der Waals surface area contributed by atoms with Gasteiger partial charge in [-0.2, -0.15) is 0 Å². The van der Waals surface area contributed by atoms with Gasteiger partial charge < -0.3 is 13.9 Å². The molecular weight excluding hydrogens is 387 g/mol. The number of fused-ring (bicyclic) bond motifs is 1. The van der Waals surface area contributed by atoms with Crippen molar-refractivity contribution in [3.63, 3.8) is 0 Å². The number of ether oxygens (including phenoxy) is 2. The molecule has 0 aliphatic heterocycles.